The van der Waals surface area contributed by atoms with E-state index in [0.29, 0.717) is 17.9 Å². The number of halogens is 1. The summed E-state index contributed by atoms with van der Waals surface area (Å²) in [6.07, 6.45) is 2.76. The molecule has 1 aliphatic rings. The van der Waals surface area contributed by atoms with E-state index >= 15 is 0 Å². The van der Waals surface area contributed by atoms with Crippen LogP contribution in [0.15, 0.2) is 28.7 Å². The standard InChI is InChI=1S/C18H22FNO3/c1-11(2)8-14-10-13(6-7-22-14)20-18(21)16-9-12-4-3-5-15(19)17(12)23-16/h3-5,9,11,13-14H,6-8,10H2,1-2H3,(H,20,21)/t13-,14+/m0/s1. The molecule has 1 N–H and O–H groups in total. The molecule has 0 aliphatic carbocycles. The Kier molecular flexibility index (Phi) is 4.66. The molecular formula is C18H22FNO3. The number of rotatable bonds is 4. The van der Waals surface area contributed by atoms with Crippen LogP contribution in [0.3, 0.4) is 0 Å². The molecule has 1 fully saturated rings. The van der Waals surface area contributed by atoms with Crippen molar-refractivity contribution in [2.45, 2.75) is 45.3 Å². The molecule has 23 heavy (non-hydrogen) atoms. The molecule has 2 heterocycles. The average Bonchev–Trinajstić information content (AvgIpc) is 2.92. The molecule has 1 aromatic heterocycles. The van der Waals surface area contributed by atoms with E-state index in [1.165, 1.54) is 6.07 Å². The van der Waals surface area contributed by atoms with Crippen molar-refractivity contribution in [2.24, 2.45) is 5.92 Å². The molecule has 1 aromatic carbocycles. The second kappa shape index (κ2) is 6.71. The highest BCUT2D eigenvalue weighted by Gasteiger charge is 2.26. The molecule has 2 aromatic rings. The Morgan fingerprint density at radius 2 is 2.26 bits per heavy atom. The average molecular weight is 319 g/mol. The minimum atomic E-state index is -0.454. The van der Waals surface area contributed by atoms with Gasteiger partial charge in [-0.15, -0.1) is 0 Å². The summed E-state index contributed by atoms with van der Waals surface area (Å²) in [5, 5.41) is 3.58. The van der Waals surface area contributed by atoms with E-state index in [0.717, 1.165) is 19.3 Å². The number of nitrogens with one attached hydrogen (secondary N) is 1. The number of hydrogen-bond donors (Lipinski definition) is 1. The molecule has 1 saturated heterocycles. The maximum Gasteiger partial charge on any atom is 0.287 e. The van der Waals surface area contributed by atoms with Gasteiger partial charge < -0.3 is 14.5 Å². The molecular weight excluding hydrogens is 297 g/mol. The number of hydrogen-bond acceptors (Lipinski definition) is 3. The Bertz CT molecular complexity index is 695. The van der Waals surface area contributed by atoms with Crippen LogP contribution >= 0.6 is 0 Å². The number of para-hydroxylation sites is 1. The Balaban J connectivity index is 1.67. The zero-order valence-corrected chi connectivity index (χ0v) is 13.5. The van der Waals surface area contributed by atoms with Crippen molar-refractivity contribution < 1.29 is 18.3 Å². The number of ether oxygens (including phenoxy) is 1. The fraction of sp³-hybridized carbons (Fsp3) is 0.500. The van der Waals surface area contributed by atoms with Gasteiger partial charge in [-0.05, 0) is 37.3 Å². The van der Waals surface area contributed by atoms with Gasteiger partial charge in [-0.2, -0.15) is 0 Å². The molecule has 0 saturated carbocycles. The van der Waals surface area contributed by atoms with E-state index in [1.807, 2.05) is 0 Å². The molecule has 3 rings (SSSR count). The lowest BCUT2D eigenvalue weighted by molar-refractivity contribution is -0.00861. The van der Waals surface area contributed by atoms with Gasteiger partial charge in [0, 0.05) is 18.0 Å². The van der Waals surface area contributed by atoms with Gasteiger partial charge in [-0.1, -0.05) is 26.0 Å². The molecule has 1 amide bonds. The first kappa shape index (κ1) is 16.0. The fourth-order valence-corrected chi connectivity index (χ4v) is 3.10. The lowest BCUT2D eigenvalue weighted by Crippen LogP contribution is -2.42. The fourth-order valence-electron chi connectivity index (χ4n) is 3.10. The number of carbonyl (C=O) groups is 1. The Labute approximate surface area is 135 Å². The summed E-state index contributed by atoms with van der Waals surface area (Å²) >= 11 is 0. The molecule has 2 atom stereocenters. The summed E-state index contributed by atoms with van der Waals surface area (Å²) in [7, 11) is 0. The normalized spacial score (nSPS) is 21.7. The van der Waals surface area contributed by atoms with Crippen LogP contribution < -0.4 is 5.32 Å². The van der Waals surface area contributed by atoms with Crippen molar-refractivity contribution in [3.8, 4) is 0 Å². The second-order valence-corrected chi connectivity index (χ2v) is 6.59. The number of amides is 1. The van der Waals surface area contributed by atoms with Crippen LogP contribution in [0, 0.1) is 11.7 Å². The maximum absolute atomic E-state index is 13.7. The zero-order chi connectivity index (χ0) is 16.4. The smallest absolute Gasteiger partial charge is 0.287 e. The second-order valence-electron chi connectivity index (χ2n) is 6.59. The van der Waals surface area contributed by atoms with E-state index in [9.17, 15) is 9.18 Å². The van der Waals surface area contributed by atoms with E-state index in [2.05, 4.69) is 19.2 Å². The first-order valence-corrected chi connectivity index (χ1v) is 8.13. The molecule has 1 aliphatic heterocycles. The van der Waals surface area contributed by atoms with Gasteiger partial charge in [-0.25, -0.2) is 4.39 Å². The highest BCUT2D eigenvalue weighted by Crippen LogP contribution is 2.23. The summed E-state index contributed by atoms with van der Waals surface area (Å²) in [5.41, 5.74) is 0.127. The third kappa shape index (κ3) is 3.72. The first-order chi connectivity index (χ1) is 11.0. The quantitative estimate of drug-likeness (QED) is 0.930. The van der Waals surface area contributed by atoms with Gasteiger partial charge in [0.2, 0.25) is 0 Å². The van der Waals surface area contributed by atoms with Crippen molar-refractivity contribution in [1.82, 2.24) is 5.32 Å². The van der Waals surface area contributed by atoms with Gasteiger partial charge in [0.1, 0.15) is 0 Å². The minimum Gasteiger partial charge on any atom is -0.448 e. The van der Waals surface area contributed by atoms with Crippen LogP contribution in [0.5, 0.6) is 0 Å². The number of fused-ring (bicyclic) bond motifs is 1. The molecule has 0 bridgehead atoms. The predicted octanol–water partition coefficient (Wildman–Crippen LogP) is 3.90. The summed E-state index contributed by atoms with van der Waals surface area (Å²) in [4.78, 5) is 12.4. The first-order valence-electron chi connectivity index (χ1n) is 8.13. The Hall–Kier alpha value is -1.88. The molecule has 124 valence electrons. The van der Waals surface area contributed by atoms with Crippen molar-refractivity contribution in [1.29, 1.82) is 0 Å². The van der Waals surface area contributed by atoms with E-state index in [4.69, 9.17) is 9.15 Å². The molecule has 0 radical (unpaired) electrons. The van der Waals surface area contributed by atoms with Crippen molar-refractivity contribution in [3.63, 3.8) is 0 Å². The summed E-state index contributed by atoms with van der Waals surface area (Å²) in [6.45, 7) is 4.97. The Morgan fingerprint density at radius 3 is 3.00 bits per heavy atom. The highest BCUT2D eigenvalue weighted by atomic mass is 19.1. The van der Waals surface area contributed by atoms with Crippen LogP contribution in [0.2, 0.25) is 0 Å². The molecule has 4 nitrogen and oxygen atoms in total. The summed E-state index contributed by atoms with van der Waals surface area (Å²) in [6, 6.07) is 6.30. The molecule has 5 heteroatoms. The number of carbonyl (C=O) groups excluding carboxylic acids is 1. The van der Waals surface area contributed by atoms with Crippen molar-refractivity contribution in [3.05, 3.63) is 35.8 Å². The summed E-state index contributed by atoms with van der Waals surface area (Å²) in [5.74, 6) is -0.0368. The Morgan fingerprint density at radius 1 is 1.43 bits per heavy atom. The zero-order valence-electron chi connectivity index (χ0n) is 13.5. The monoisotopic (exact) mass is 319 g/mol. The van der Waals surface area contributed by atoms with E-state index < -0.39 is 5.82 Å². The van der Waals surface area contributed by atoms with Crippen LogP contribution in [-0.2, 0) is 4.74 Å². The lowest BCUT2D eigenvalue weighted by Gasteiger charge is -2.30. The van der Waals surface area contributed by atoms with E-state index in [1.54, 1.807) is 18.2 Å². The summed E-state index contributed by atoms with van der Waals surface area (Å²) < 4.78 is 24.8. The number of furan rings is 1. The largest absolute Gasteiger partial charge is 0.448 e. The van der Waals surface area contributed by atoms with Gasteiger partial charge in [0.25, 0.3) is 5.91 Å². The van der Waals surface area contributed by atoms with Crippen LogP contribution in [0.1, 0.15) is 43.7 Å². The minimum absolute atomic E-state index is 0.0676. The van der Waals surface area contributed by atoms with Crippen molar-refractivity contribution in [2.75, 3.05) is 6.61 Å². The SMILES string of the molecule is CC(C)C[C@@H]1C[C@@H](NC(=O)c2cc3cccc(F)c3o2)CCO1. The van der Waals surface area contributed by atoms with Gasteiger partial charge >= 0.3 is 0 Å². The topological polar surface area (TPSA) is 51.5 Å². The van der Waals surface area contributed by atoms with Gasteiger partial charge in [0.15, 0.2) is 17.2 Å². The molecule has 0 unspecified atom stereocenters. The van der Waals surface area contributed by atoms with E-state index in [-0.39, 0.29) is 29.4 Å². The van der Waals surface area contributed by atoms with Crippen LogP contribution in [0.25, 0.3) is 11.0 Å². The van der Waals surface area contributed by atoms with Crippen LogP contribution in [-0.4, -0.2) is 24.7 Å². The lowest BCUT2D eigenvalue weighted by atomic mass is 9.96. The number of benzene rings is 1. The third-order valence-corrected chi connectivity index (χ3v) is 4.16. The maximum atomic E-state index is 13.7. The van der Waals surface area contributed by atoms with Gasteiger partial charge in [-0.3, -0.25) is 4.79 Å². The third-order valence-electron chi connectivity index (χ3n) is 4.16. The van der Waals surface area contributed by atoms with Gasteiger partial charge in [0.05, 0.1) is 6.10 Å². The predicted molar refractivity (Wildman–Crippen MR) is 85.9 cm³/mol. The van der Waals surface area contributed by atoms with Crippen molar-refractivity contribution >= 4 is 16.9 Å². The highest BCUT2D eigenvalue weighted by molar-refractivity contribution is 5.96. The van der Waals surface area contributed by atoms with Crippen LogP contribution in [0.4, 0.5) is 4.39 Å². The molecule has 0 spiro atoms.